The second-order valence-corrected chi connectivity index (χ2v) is 7.16. The smallest absolute Gasteiger partial charge is 0.389 e. The van der Waals surface area contributed by atoms with Gasteiger partial charge >= 0.3 is 6.18 Å². The molecule has 1 unspecified atom stereocenters. The maximum atomic E-state index is 12.3. The van der Waals surface area contributed by atoms with Crippen molar-refractivity contribution in [3.8, 4) is 5.75 Å². The Hall–Kier alpha value is -1.86. The van der Waals surface area contributed by atoms with Gasteiger partial charge in [-0.1, -0.05) is 19.1 Å². The third-order valence-corrected chi connectivity index (χ3v) is 5.14. The molecule has 0 saturated heterocycles. The van der Waals surface area contributed by atoms with E-state index in [9.17, 15) is 18.0 Å². The molecule has 2 aromatic rings. The lowest BCUT2D eigenvalue weighted by Crippen LogP contribution is -2.15. The zero-order chi connectivity index (χ0) is 19.2. The molecule has 0 spiro atoms. The summed E-state index contributed by atoms with van der Waals surface area (Å²) in [5.74, 6) is 0.495. The molecule has 0 aliphatic heterocycles. The van der Waals surface area contributed by atoms with E-state index >= 15 is 0 Å². The number of benzene rings is 1. The van der Waals surface area contributed by atoms with Crippen LogP contribution in [0.2, 0.25) is 0 Å². The van der Waals surface area contributed by atoms with Crippen molar-refractivity contribution in [2.24, 2.45) is 5.73 Å². The van der Waals surface area contributed by atoms with Gasteiger partial charge in [-0.05, 0) is 42.7 Å². The van der Waals surface area contributed by atoms with Gasteiger partial charge in [0.05, 0.1) is 11.5 Å². The van der Waals surface area contributed by atoms with Crippen molar-refractivity contribution in [2.75, 3.05) is 6.61 Å². The lowest BCUT2D eigenvalue weighted by molar-refractivity contribution is -0.136. The van der Waals surface area contributed by atoms with Gasteiger partial charge in [-0.15, -0.1) is 11.3 Å². The first kappa shape index (κ1) is 20.5. The lowest BCUT2D eigenvalue weighted by atomic mass is 10.0. The summed E-state index contributed by atoms with van der Waals surface area (Å²) in [6.07, 6.45) is -4.00. The molecule has 0 saturated carbocycles. The molecule has 2 rings (SSSR count). The molecular formula is C19H22F3NO2S. The third kappa shape index (κ3) is 6.46. The van der Waals surface area contributed by atoms with E-state index in [0.717, 1.165) is 16.9 Å². The van der Waals surface area contributed by atoms with Crippen molar-refractivity contribution in [3.63, 3.8) is 0 Å². The largest absolute Gasteiger partial charge is 0.494 e. The number of carbonyl (C=O) groups excluding carboxylic acids is 1. The normalized spacial score (nSPS) is 12.8. The summed E-state index contributed by atoms with van der Waals surface area (Å²) in [6, 6.07) is 10.1. The summed E-state index contributed by atoms with van der Waals surface area (Å²) in [7, 11) is 0. The molecule has 0 fully saturated rings. The van der Waals surface area contributed by atoms with Crippen LogP contribution in [0.1, 0.15) is 52.3 Å². The number of aryl methyl sites for hydroxylation is 1. The average Bonchev–Trinajstić information content (AvgIpc) is 3.07. The maximum Gasteiger partial charge on any atom is 0.389 e. The summed E-state index contributed by atoms with van der Waals surface area (Å²) in [5, 5.41) is 0. The number of hydrogen-bond donors (Lipinski definition) is 1. The first-order chi connectivity index (χ1) is 12.3. The van der Waals surface area contributed by atoms with Crippen molar-refractivity contribution in [1.29, 1.82) is 0 Å². The molecule has 1 heterocycles. The van der Waals surface area contributed by atoms with Crippen molar-refractivity contribution >= 4 is 17.1 Å². The molecule has 1 aromatic carbocycles. The van der Waals surface area contributed by atoms with Gasteiger partial charge in [0.2, 0.25) is 0 Å². The second kappa shape index (κ2) is 9.19. The number of nitrogens with two attached hydrogens (primary N) is 1. The van der Waals surface area contributed by atoms with Crippen LogP contribution in [-0.4, -0.2) is 18.6 Å². The van der Waals surface area contributed by atoms with Crippen LogP contribution in [0.3, 0.4) is 0 Å². The highest BCUT2D eigenvalue weighted by atomic mass is 32.1. The number of hydrogen-bond acceptors (Lipinski definition) is 4. The fraction of sp³-hybridized carbons (Fsp3) is 0.421. The van der Waals surface area contributed by atoms with E-state index in [-0.39, 0.29) is 25.2 Å². The molecule has 7 heteroatoms. The SMILES string of the molecule is CCc1ccc(C(=O)CC(N)c2ccc(OCCCC(F)(F)F)cc2)s1. The van der Waals surface area contributed by atoms with Gasteiger partial charge < -0.3 is 10.5 Å². The van der Waals surface area contributed by atoms with Gasteiger partial charge in [0, 0.05) is 23.8 Å². The minimum absolute atomic E-state index is 0.00152. The van der Waals surface area contributed by atoms with Gasteiger partial charge in [0.1, 0.15) is 5.75 Å². The Bertz CT molecular complexity index is 710. The van der Waals surface area contributed by atoms with Gasteiger partial charge in [-0.2, -0.15) is 13.2 Å². The molecule has 0 radical (unpaired) electrons. The predicted molar refractivity (Wildman–Crippen MR) is 96.8 cm³/mol. The van der Waals surface area contributed by atoms with E-state index in [1.165, 1.54) is 11.3 Å². The first-order valence-corrected chi connectivity index (χ1v) is 9.27. The molecule has 142 valence electrons. The van der Waals surface area contributed by atoms with Crippen LogP contribution in [-0.2, 0) is 6.42 Å². The molecule has 3 nitrogen and oxygen atoms in total. The first-order valence-electron chi connectivity index (χ1n) is 8.45. The molecule has 0 aliphatic rings. The fourth-order valence-corrected chi connectivity index (χ4v) is 3.31. The minimum atomic E-state index is -4.16. The number of ketones is 1. The summed E-state index contributed by atoms with van der Waals surface area (Å²) in [4.78, 5) is 14.2. The topological polar surface area (TPSA) is 52.3 Å². The number of ether oxygens (including phenoxy) is 1. The number of Topliss-reactive ketones (excluding diaryl/α,β-unsaturated/α-hetero) is 1. The van der Waals surface area contributed by atoms with Crippen LogP contribution in [0.4, 0.5) is 13.2 Å². The quantitative estimate of drug-likeness (QED) is 0.470. The highest BCUT2D eigenvalue weighted by Gasteiger charge is 2.26. The number of rotatable bonds is 9. The number of thiophene rings is 1. The molecule has 0 amide bonds. The molecule has 1 aromatic heterocycles. The van der Waals surface area contributed by atoms with E-state index in [1.807, 2.05) is 19.1 Å². The van der Waals surface area contributed by atoms with E-state index in [2.05, 4.69) is 0 Å². The Morgan fingerprint density at radius 3 is 2.46 bits per heavy atom. The molecule has 0 bridgehead atoms. The molecule has 26 heavy (non-hydrogen) atoms. The van der Waals surface area contributed by atoms with E-state index in [0.29, 0.717) is 10.6 Å². The van der Waals surface area contributed by atoms with Crippen LogP contribution in [0.25, 0.3) is 0 Å². The summed E-state index contributed by atoms with van der Waals surface area (Å²) in [5.41, 5.74) is 6.90. The van der Waals surface area contributed by atoms with E-state index in [4.69, 9.17) is 10.5 Å². The Morgan fingerprint density at radius 1 is 1.19 bits per heavy atom. The van der Waals surface area contributed by atoms with Crippen molar-refractivity contribution in [2.45, 2.75) is 44.8 Å². The lowest BCUT2D eigenvalue weighted by Gasteiger charge is -2.12. The second-order valence-electron chi connectivity index (χ2n) is 5.99. The van der Waals surface area contributed by atoms with Crippen LogP contribution in [0.15, 0.2) is 36.4 Å². The number of carbonyl (C=O) groups is 1. The number of halogens is 3. The van der Waals surface area contributed by atoms with Gasteiger partial charge in [-0.25, -0.2) is 0 Å². The molecular weight excluding hydrogens is 363 g/mol. The predicted octanol–water partition coefficient (Wildman–Crippen LogP) is 5.30. The van der Waals surface area contributed by atoms with E-state index < -0.39 is 18.6 Å². The van der Waals surface area contributed by atoms with Crippen molar-refractivity contribution in [3.05, 3.63) is 51.7 Å². The average molecular weight is 385 g/mol. The highest BCUT2D eigenvalue weighted by Crippen LogP contribution is 2.24. The summed E-state index contributed by atoms with van der Waals surface area (Å²) >= 11 is 1.49. The molecule has 2 N–H and O–H groups in total. The standard InChI is InChI=1S/C19H22F3NO2S/c1-2-15-8-9-18(26-15)17(24)12-16(23)13-4-6-14(7-5-13)25-11-3-10-19(20,21)22/h4-9,16H,2-3,10-12,23H2,1H3. The zero-order valence-electron chi connectivity index (χ0n) is 14.5. The minimum Gasteiger partial charge on any atom is -0.494 e. The van der Waals surface area contributed by atoms with Crippen LogP contribution >= 0.6 is 11.3 Å². The van der Waals surface area contributed by atoms with Crippen molar-refractivity contribution < 1.29 is 22.7 Å². The van der Waals surface area contributed by atoms with Crippen molar-refractivity contribution in [1.82, 2.24) is 0 Å². The van der Waals surface area contributed by atoms with Gasteiger partial charge in [0.15, 0.2) is 5.78 Å². The fourth-order valence-electron chi connectivity index (χ4n) is 2.41. The highest BCUT2D eigenvalue weighted by molar-refractivity contribution is 7.14. The Labute approximate surface area is 155 Å². The van der Waals surface area contributed by atoms with Gasteiger partial charge in [-0.3, -0.25) is 4.79 Å². The summed E-state index contributed by atoms with van der Waals surface area (Å²) < 4.78 is 41.5. The Balaban J connectivity index is 1.84. The molecule has 1 atom stereocenters. The Morgan fingerprint density at radius 2 is 1.88 bits per heavy atom. The van der Waals surface area contributed by atoms with Gasteiger partial charge in [0.25, 0.3) is 0 Å². The van der Waals surface area contributed by atoms with E-state index in [1.54, 1.807) is 24.3 Å². The Kier molecular flexibility index (Phi) is 7.23. The maximum absolute atomic E-state index is 12.3. The third-order valence-electron chi connectivity index (χ3n) is 3.87. The molecule has 0 aliphatic carbocycles. The zero-order valence-corrected chi connectivity index (χ0v) is 15.3. The number of alkyl halides is 3. The van der Waals surface area contributed by atoms with Crippen LogP contribution in [0.5, 0.6) is 5.75 Å². The van der Waals surface area contributed by atoms with Crippen LogP contribution in [0, 0.1) is 0 Å². The monoisotopic (exact) mass is 385 g/mol. The summed E-state index contributed by atoms with van der Waals surface area (Å²) in [6.45, 7) is 2.04. The van der Waals surface area contributed by atoms with Crippen LogP contribution < -0.4 is 10.5 Å².